The smallest absolute Gasteiger partial charge is 0.327 e. The van der Waals surface area contributed by atoms with Gasteiger partial charge in [0.1, 0.15) is 6.54 Å². The second-order valence-corrected chi connectivity index (χ2v) is 4.50. The summed E-state index contributed by atoms with van der Waals surface area (Å²) in [6, 6.07) is 0. The number of aromatic nitrogens is 3. The number of ether oxygens (including phenoxy) is 2. The molecule has 1 aromatic rings. The third-order valence-electron chi connectivity index (χ3n) is 3.12. The van der Waals surface area contributed by atoms with Crippen LogP contribution in [0.2, 0.25) is 0 Å². The molecular formula is C12H18N4O4. The number of likely N-dealkylation sites (tertiary alicyclic amines) is 1. The molecule has 1 amide bonds. The first-order valence-electron chi connectivity index (χ1n) is 6.51. The first-order valence-corrected chi connectivity index (χ1v) is 6.51. The van der Waals surface area contributed by atoms with Crippen molar-refractivity contribution in [1.29, 1.82) is 0 Å². The van der Waals surface area contributed by atoms with Gasteiger partial charge in [-0.2, -0.15) is 0 Å². The molecule has 1 fully saturated rings. The molecule has 0 spiro atoms. The molecular weight excluding hydrogens is 264 g/mol. The summed E-state index contributed by atoms with van der Waals surface area (Å²) in [6.07, 6.45) is 2.35. The standard InChI is InChI=1S/C12H18N4O4/c1-3-20-11(17)8-16-7-10(13-14-16)12(18)15-5-4-9(6-15)19-2/h7,9H,3-6,8H2,1-2H3. The molecule has 1 atom stereocenters. The van der Waals surface area contributed by atoms with Crippen LogP contribution in [0.3, 0.4) is 0 Å². The highest BCUT2D eigenvalue weighted by atomic mass is 16.5. The zero-order valence-electron chi connectivity index (χ0n) is 11.6. The van der Waals surface area contributed by atoms with E-state index in [2.05, 4.69) is 10.3 Å². The number of hydrogen-bond acceptors (Lipinski definition) is 6. The van der Waals surface area contributed by atoms with Crippen LogP contribution >= 0.6 is 0 Å². The quantitative estimate of drug-likeness (QED) is 0.689. The summed E-state index contributed by atoms with van der Waals surface area (Å²) in [5.74, 6) is -0.600. The van der Waals surface area contributed by atoms with E-state index in [-0.39, 0.29) is 24.2 Å². The van der Waals surface area contributed by atoms with Crippen LogP contribution in [0.5, 0.6) is 0 Å². The average molecular weight is 282 g/mol. The van der Waals surface area contributed by atoms with E-state index in [1.807, 2.05) is 0 Å². The van der Waals surface area contributed by atoms with Crippen LogP contribution in [0.15, 0.2) is 6.20 Å². The van der Waals surface area contributed by atoms with E-state index in [9.17, 15) is 9.59 Å². The lowest BCUT2D eigenvalue weighted by Crippen LogP contribution is -2.30. The van der Waals surface area contributed by atoms with Gasteiger partial charge in [-0.05, 0) is 13.3 Å². The van der Waals surface area contributed by atoms with Gasteiger partial charge in [-0.1, -0.05) is 5.21 Å². The van der Waals surface area contributed by atoms with Gasteiger partial charge in [0, 0.05) is 20.2 Å². The molecule has 0 bridgehead atoms. The molecule has 8 heteroatoms. The molecule has 0 aliphatic carbocycles. The number of esters is 1. The van der Waals surface area contributed by atoms with Gasteiger partial charge < -0.3 is 14.4 Å². The topological polar surface area (TPSA) is 86.5 Å². The molecule has 0 radical (unpaired) electrons. The molecule has 20 heavy (non-hydrogen) atoms. The third kappa shape index (κ3) is 3.32. The largest absolute Gasteiger partial charge is 0.465 e. The fraction of sp³-hybridized carbons (Fsp3) is 0.667. The lowest BCUT2D eigenvalue weighted by Gasteiger charge is -2.13. The van der Waals surface area contributed by atoms with Crippen LogP contribution < -0.4 is 0 Å². The van der Waals surface area contributed by atoms with Crippen molar-refractivity contribution >= 4 is 11.9 Å². The number of rotatable bonds is 5. The third-order valence-corrected chi connectivity index (χ3v) is 3.12. The summed E-state index contributed by atoms with van der Waals surface area (Å²) >= 11 is 0. The molecule has 1 aromatic heterocycles. The van der Waals surface area contributed by atoms with Crippen molar-refractivity contribution in [3.63, 3.8) is 0 Å². The lowest BCUT2D eigenvalue weighted by atomic mass is 10.3. The van der Waals surface area contributed by atoms with Crippen molar-refractivity contribution in [3.05, 3.63) is 11.9 Å². The van der Waals surface area contributed by atoms with Crippen molar-refractivity contribution < 1.29 is 19.1 Å². The lowest BCUT2D eigenvalue weighted by molar-refractivity contribution is -0.144. The Morgan fingerprint density at radius 3 is 2.95 bits per heavy atom. The number of amides is 1. The predicted molar refractivity (Wildman–Crippen MR) is 68.0 cm³/mol. The van der Waals surface area contributed by atoms with Crippen LogP contribution in [-0.4, -0.2) is 64.7 Å². The maximum Gasteiger partial charge on any atom is 0.327 e. The number of carbonyl (C=O) groups excluding carboxylic acids is 2. The van der Waals surface area contributed by atoms with Gasteiger partial charge >= 0.3 is 5.97 Å². The molecule has 1 aliphatic heterocycles. The maximum atomic E-state index is 12.2. The Balaban J connectivity index is 1.95. The van der Waals surface area contributed by atoms with Crippen molar-refractivity contribution in [2.24, 2.45) is 0 Å². The normalized spacial score (nSPS) is 18.3. The Bertz CT molecular complexity index is 488. The van der Waals surface area contributed by atoms with Gasteiger partial charge in [0.05, 0.1) is 18.9 Å². The number of carbonyl (C=O) groups is 2. The molecule has 0 N–H and O–H groups in total. The fourth-order valence-electron chi connectivity index (χ4n) is 2.08. The molecule has 1 saturated heterocycles. The van der Waals surface area contributed by atoms with Crippen LogP contribution in [0, 0.1) is 0 Å². The van der Waals surface area contributed by atoms with Crippen LogP contribution in [0.4, 0.5) is 0 Å². The highest BCUT2D eigenvalue weighted by molar-refractivity contribution is 5.92. The first-order chi connectivity index (χ1) is 9.63. The van der Waals surface area contributed by atoms with Crippen LogP contribution in [0.25, 0.3) is 0 Å². The van der Waals surface area contributed by atoms with E-state index in [0.717, 1.165) is 6.42 Å². The Morgan fingerprint density at radius 2 is 2.30 bits per heavy atom. The van der Waals surface area contributed by atoms with E-state index in [1.165, 1.54) is 10.9 Å². The summed E-state index contributed by atoms with van der Waals surface area (Å²) in [5, 5.41) is 7.56. The average Bonchev–Trinajstić information content (AvgIpc) is 3.06. The van der Waals surface area contributed by atoms with E-state index in [4.69, 9.17) is 9.47 Å². The second kappa shape index (κ2) is 6.47. The van der Waals surface area contributed by atoms with Crippen molar-refractivity contribution in [2.75, 3.05) is 26.8 Å². The molecule has 1 unspecified atom stereocenters. The number of methoxy groups -OCH3 is 1. The van der Waals surface area contributed by atoms with Gasteiger partial charge in [-0.25, -0.2) is 4.68 Å². The highest BCUT2D eigenvalue weighted by Crippen LogP contribution is 2.14. The predicted octanol–water partition coefficient (Wildman–Crippen LogP) is -0.298. The van der Waals surface area contributed by atoms with Gasteiger partial charge in [0.25, 0.3) is 5.91 Å². The minimum Gasteiger partial charge on any atom is -0.465 e. The highest BCUT2D eigenvalue weighted by Gasteiger charge is 2.28. The molecule has 0 saturated carbocycles. The Morgan fingerprint density at radius 1 is 1.50 bits per heavy atom. The molecule has 1 aliphatic rings. The second-order valence-electron chi connectivity index (χ2n) is 4.50. The summed E-state index contributed by atoms with van der Waals surface area (Å²) in [7, 11) is 1.63. The van der Waals surface area contributed by atoms with Crippen molar-refractivity contribution in [2.45, 2.75) is 26.0 Å². The summed E-state index contributed by atoms with van der Waals surface area (Å²) in [4.78, 5) is 25.2. The van der Waals surface area contributed by atoms with Crippen molar-refractivity contribution in [3.8, 4) is 0 Å². The van der Waals surface area contributed by atoms with Crippen molar-refractivity contribution in [1.82, 2.24) is 19.9 Å². The Labute approximate surface area is 116 Å². The maximum absolute atomic E-state index is 12.2. The van der Waals surface area contributed by atoms with E-state index >= 15 is 0 Å². The fourth-order valence-corrected chi connectivity index (χ4v) is 2.08. The van der Waals surface area contributed by atoms with Gasteiger partial charge in [0.15, 0.2) is 5.69 Å². The number of nitrogens with zero attached hydrogens (tertiary/aromatic N) is 4. The van der Waals surface area contributed by atoms with Gasteiger partial charge in [-0.15, -0.1) is 5.10 Å². The molecule has 8 nitrogen and oxygen atoms in total. The Hall–Kier alpha value is -1.96. The summed E-state index contributed by atoms with van der Waals surface area (Å²) in [5.41, 5.74) is 0.228. The van der Waals surface area contributed by atoms with E-state index in [0.29, 0.717) is 19.7 Å². The molecule has 0 aromatic carbocycles. The summed E-state index contributed by atoms with van der Waals surface area (Å²) < 4.78 is 11.3. The zero-order chi connectivity index (χ0) is 14.5. The van der Waals surface area contributed by atoms with Gasteiger partial charge in [0.2, 0.25) is 0 Å². The molecule has 110 valence electrons. The van der Waals surface area contributed by atoms with E-state index in [1.54, 1.807) is 18.9 Å². The first kappa shape index (κ1) is 14.4. The molecule has 2 rings (SSSR count). The number of hydrogen-bond donors (Lipinski definition) is 0. The van der Waals surface area contributed by atoms with Gasteiger partial charge in [-0.3, -0.25) is 9.59 Å². The zero-order valence-corrected chi connectivity index (χ0v) is 11.6. The van der Waals surface area contributed by atoms with Crippen LogP contribution in [0.1, 0.15) is 23.8 Å². The molecule has 2 heterocycles. The SMILES string of the molecule is CCOC(=O)Cn1cc(C(=O)N2CCC(OC)C2)nn1. The minimum atomic E-state index is -0.406. The van der Waals surface area contributed by atoms with Crippen LogP contribution in [-0.2, 0) is 20.8 Å². The summed E-state index contributed by atoms with van der Waals surface area (Å²) in [6.45, 7) is 3.19. The monoisotopic (exact) mass is 282 g/mol. The van der Waals surface area contributed by atoms with E-state index < -0.39 is 5.97 Å². The Kier molecular flexibility index (Phi) is 4.67. The minimum absolute atomic E-state index is 0.0468.